The molecule has 2 heterocycles. The van der Waals surface area contributed by atoms with Gasteiger partial charge in [-0.2, -0.15) is 0 Å². The second-order valence-corrected chi connectivity index (χ2v) is 5.72. The fourth-order valence-corrected chi connectivity index (χ4v) is 3.00. The fourth-order valence-electron chi connectivity index (χ4n) is 2.36. The second kappa shape index (κ2) is 5.46. The molecule has 0 bridgehead atoms. The molecule has 0 aliphatic carbocycles. The maximum Gasteiger partial charge on any atom is 0.228 e. The Morgan fingerprint density at radius 2 is 2.15 bits per heavy atom. The summed E-state index contributed by atoms with van der Waals surface area (Å²) in [4.78, 5) is 25.1. The summed E-state index contributed by atoms with van der Waals surface area (Å²) in [7, 11) is 0. The first-order valence-corrected chi connectivity index (χ1v) is 7.31. The summed E-state index contributed by atoms with van der Waals surface area (Å²) >= 11 is 1.60. The predicted octanol–water partition coefficient (Wildman–Crippen LogP) is 2.49. The lowest BCUT2D eigenvalue weighted by Gasteiger charge is -2.24. The molecule has 2 aromatic rings. The number of rotatable bonds is 3. The quantitative estimate of drug-likeness (QED) is 0.910. The van der Waals surface area contributed by atoms with E-state index in [0.717, 1.165) is 16.1 Å². The first kappa shape index (κ1) is 12.9. The Labute approximate surface area is 120 Å². The van der Waals surface area contributed by atoms with Gasteiger partial charge in [0, 0.05) is 17.0 Å². The van der Waals surface area contributed by atoms with Gasteiger partial charge in [-0.15, -0.1) is 11.3 Å². The van der Waals surface area contributed by atoms with E-state index in [0.29, 0.717) is 6.54 Å². The third kappa shape index (κ3) is 2.58. The van der Waals surface area contributed by atoms with Crippen LogP contribution in [-0.4, -0.2) is 11.8 Å². The minimum Gasteiger partial charge on any atom is -0.351 e. The lowest BCUT2D eigenvalue weighted by molar-refractivity contribution is -0.126. The van der Waals surface area contributed by atoms with Crippen LogP contribution in [0, 0.1) is 0 Å². The average molecular weight is 286 g/mol. The van der Waals surface area contributed by atoms with E-state index in [-0.39, 0.29) is 18.2 Å². The van der Waals surface area contributed by atoms with Crippen LogP contribution >= 0.6 is 11.3 Å². The van der Waals surface area contributed by atoms with Gasteiger partial charge in [0.05, 0.1) is 12.5 Å². The molecular weight excluding hydrogens is 272 g/mol. The summed E-state index contributed by atoms with van der Waals surface area (Å²) in [5, 5.41) is 7.68. The van der Waals surface area contributed by atoms with Crippen molar-refractivity contribution in [3.05, 3.63) is 52.2 Å². The van der Waals surface area contributed by atoms with Crippen LogP contribution in [0.2, 0.25) is 0 Å². The van der Waals surface area contributed by atoms with Crippen LogP contribution in [0.5, 0.6) is 0 Å². The molecule has 1 aromatic carbocycles. The molecule has 0 saturated carbocycles. The van der Waals surface area contributed by atoms with Gasteiger partial charge >= 0.3 is 0 Å². The molecule has 20 heavy (non-hydrogen) atoms. The van der Waals surface area contributed by atoms with Gasteiger partial charge in [-0.05, 0) is 23.1 Å². The number of fused-ring (bicyclic) bond motifs is 1. The molecule has 102 valence electrons. The van der Waals surface area contributed by atoms with Crippen LogP contribution in [0.1, 0.15) is 22.8 Å². The Kier molecular flexibility index (Phi) is 3.52. The minimum absolute atomic E-state index is 0.0966. The van der Waals surface area contributed by atoms with E-state index in [4.69, 9.17) is 0 Å². The van der Waals surface area contributed by atoms with Gasteiger partial charge < -0.3 is 10.6 Å². The van der Waals surface area contributed by atoms with Crippen molar-refractivity contribution < 1.29 is 9.59 Å². The van der Waals surface area contributed by atoms with Crippen molar-refractivity contribution in [1.29, 1.82) is 0 Å². The van der Waals surface area contributed by atoms with Gasteiger partial charge in [-0.3, -0.25) is 9.59 Å². The summed E-state index contributed by atoms with van der Waals surface area (Å²) in [5.41, 5.74) is 1.62. The number of nitrogens with one attached hydrogen (secondary N) is 2. The SMILES string of the molecule is O=C1C[C@@H](C(=O)NCc2cccs2)c2ccccc2N1. The van der Waals surface area contributed by atoms with Gasteiger partial charge in [0.25, 0.3) is 0 Å². The van der Waals surface area contributed by atoms with Crippen molar-refractivity contribution in [3.63, 3.8) is 0 Å². The fraction of sp³-hybridized carbons (Fsp3) is 0.200. The molecule has 4 nitrogen and oxygen atoms in total. The van der Waals surface area contributed by atoms with Crippen LogP contribution in [0.4, 0.5) is 5.69 Å². The highest BCUT2D eigenvalue weighted by Crippen LogP contribution is 2.32. The standard InChI is InChI=1S/C15H14N2O2S/c18-14-8-12(11-5-1-2-6-13(11)17-14)15(19)16-9-10-4-3-7-20-10/h1-7,12H,8-9H2,(H,16,19)(H,17,18)/t12-/m1/s1. The third-order valence-electron chi connectivity index (χ3n) is 3.33. The van der Waals surface area contributed by atoms with Crippen LogP contribution in [0.15, 0.2) is 41.8 Å². The molecule has 5 heteroatoms. The molecule has 1 aromatic heterocycles. The van der Waals surface area contributed by atoms with Crippen molar-refractivity contribution in [2.24, 2.45) is 0 Å². The van der Waals surface area contributed by atoms with E-state index in [9.17, 15) is 9.59 Å². The number of hydrogen-bond donors (Lipinski definition) is 2. The van der Waals surface area contributed by atoms with Crippen molar-refractivity contribution in [2.75, 3.05) is 5.32 Å². The minimum atomic E-state index is -0.403. The topological polar surface area (TPSA) is 58.2 Å². The van der Waals surface area contributed by atoms with E-state index >= 15 is 0 Å². The van der Waals surface area contributed by atoms with Crippen LogP contribution < -0.4 is 10.6 Å². The molecule has 0 saturated heterocycles. The normalized spacial score (nSPS) is 17.2. The first-order chi connectivity index (χ1) is 9.74. The molecule has 0 unspecified atom stereocenters. The summed E-state index contributed by atoms with van der Waals surface area (Å²) in [6, 6.07) is 11.4. The van der Waals surface area contributed by atoms with Gasteiger partial charge in [0.15, 0.2) is 0 Å². The smallest absolute Gasteiger partial charge is 0.228 e. The van der Waals surface area contributed by atoms with Crippen molar-refractivity contribution >= 4 is 28.8 Å². The molecule has 3 rings (SSSR count). The Bertz CT molecular complexity index is 637. The Morgan fingerprint density at radius 1 is 1.30 bits per heavy atom. The van der Waals surface area contributed by atoms with E-state index in [1.807, 2.05) is 41.8 Å². The number of carbonyl (C=O) groups is 2. The highest BCUT2D eigenvalue weighted by atomic mass is 32.1. The van der Waals surface area contributed by atoms with Crippen molar-refractivity contribution in [1.82, 2.24) is 5.32 Å². The predicted molar refractivity (Wildman–Crippen MR) is 78.6 cm³/mol. The number of benzene rings is 1. The summed E-state index contributed by atoms with van der Waals surface area (Å²) in [5.74, 6) is -0.611. The van der Waals surface area contributed by atoms with Gasteiger partial charge in [-0.1, -0.05) is 24.3 Å². The third-order valence-corrected chi connectivity index (χ3v) is 4.21. The maximum atomic E-state index is 12.3. The monoisotopic (exact) mass is 286 g/mol. The molecule has 1 aliphatic heterocycles. The zero-order valence-electron chi connectivity index (χ0n) is 10.8. The number of para-hydroxylation sites is 1. The van der Waals surface area contributed by atoms with Crippen molar-refractivity contribution in [2.45, 2.75) is 18.9 Å². The molecular formula is C15H14N2O2S. The number of carbonyl (C=O) groups excluding carboxylic acids is 2. The summed E-state index contributed by atoms with van der Waals surface area (Å²) in [6.07, 6.45) is 0.202. The maximum absolute atomic E-state index is 12.3. The Hall–Kier alpha value is -2.14. The molecule has 0 spiro atoms. The molecule has 0 radical (unpaired) electrons. The van der Waals surface area contributed by atoms with Crippen LogP contribution in [0.3, 0.4) is 0 Å². The molecule has 0 fully saturated rings. The second-order valence-electron chi connectivity index (χ2n) is 4.69. The van der Waals surface area contributed by atoms with E-state index < -0.39 is 5.92 Å². The van der Waals surface area contributed by atoms with Gasteiger partial charge in [0.1, 0.15) is 0 Å². The zero-order valence-corrected chi connectivity index (χ0v) is 11.6. The lowest BCUT2D eigenvalue weighted by atomic mass is 9.90. The molecule has 2 amide bonds. The number of anilines is 1. The summed E-state index contributed by atoms with van der Waals surface area (Å²) < 4.78 is 0. The largest absolute Gasteiger partial charge is 0.351 e. The number of amides is 2. The zero-order chi connectivity index (χ0) is 13.9. The highest BCUT2D eigenvalue weighted by Gasteiger charge is 2.30. The number of hydrogen-bond acceptors (Lipinski definition) is 3. The average Bonchev–Trinajstić information content (AvgIpc) is 2.97. The van der Waals surface area contributed by atoms with Gasteiger partial charge in [0.2, 0.25) is 11.8 Å². The Morgan fingerprint density at radius 3 is 2.95 bits per heavy atom. The molecule has 1 atom stereocenters. The highest BCUT2D eigenvalue weighted by molar-refractivity contribution is 7.09. The Balaban J connectivity index is 1.76. The van der Waals surface area contributed by atoms with Gasteiger partial charge in [-0.25, -0.2) is 0 Å². The van der Waals surface area contributed by atoms with E-state index in [1.165, 1.54) is 0 Å². The molecule has 2 N–H and O–H groups in total. The van der Waals surface area contributed by atoms with Crippen LogP contribution in [-0.2, 0) is 16.1 Å². The summed E-state index contributed by atoms with van der Waals surface area (Å²) in [6.45, 7) is 0.511. The van der Waals surface area contributed by atoms with E-state index in [1.54, 1.807) is 11.3 Å². The molecule has 1 aliphatic rings. The number of thiophene rings is 1. The first-order valence-electron chi connectivity index (χ1n) is 6.43. The van der Waals surface area contributed by atoms with Crippen molar-refractivity contribution in [3.8, 4) is 0 Å². The van der Waals surface area contributed by atoms with Crippen LogP contribution in [0.25, 0.3) is 0 Å². The van der Waals surface area contributed by atoms with E-state index in [2.05, 4.69) is 10.6 Å². The lowest BCUT2D eigenvalue weighted by Crippen LogP contribution is -2.34.